The number of benzene rings is 1. The van der Waals surface area contributed by atoms with Gasteiger partial charge in [-0.3, -0.25) is 14.9 Å². The van der Waals surface area contributed by atoms with Gasteiger partial charge in [-0.25, -0.2) is 4.79 Å². The molecule has 1 aliphatic rings. The highest BCUT2D eigenvalue weighted by atomic mass is 16.6. The SMILES string of the molecule is COC(=O)c1cc([N+](=O)[O-])c(=O)n(C[C@H]2CCc3ccccc3C2)c1. The largest absolute Gasteiger partial charge is 0.465 e. The molecule has 1 aliphatic carbocycles. The quantitative estimate of drug-likeness (QED) is 0.483. The fourth-order valence-corrected chi connectivity index (χ4v) is 3.32. The number of rotatable bonds is 4. The molecule has 25 heavy (non-hydrogen) atoms. The molecule has 0 amide bonds. The number of carbonyl (C=O) groups excluding carboxylic acids is 1. The Bertz CT molecular complexity index is 887. The van der Waals surface area contributed by atoms with Crippen LogP contribution in [0.2, 0.25) is 0 Å². The third-order valence-electron chi connectivity index (χ3n) is 4.59. The molecule has 7 nitrogen and oxygen atoms in total. The number of aryl methyl sites for hydroxylation is 1. The second-order valence-corrected chi connectivity index (χ2v) is 6.20. The highest BCUT2D eigenvalue weighted by Crippen LogP contribution is 2.26. The van der Waals surface area contributed by atoms with Gasteiger partial charge in [-0.05, 0) is 36.3 Å². The Labute approximate surface area is 144 Å². The number of fused-ring (bicyclic) bond motifs is 1. The van der Waals surface area contributed by atoms with E-state index >= 15 is 0 Å². The molecule has 0 aliphatic heterocycles. The number of pyridine rings is 1. The topological polar surface area (TPSA) is 91.4 Å². The zero-order valence-electron chi connectivity index (χ0n) is 13.8. The standard InChI is InChI=1S/C18H18N2O5/c1-25-18(22)15-9-16(20(23)24)17(21)19(11-15)10-12-6-7-13-4-2-3-5-14(13)8-12/h2-5,9,11-12H,6-8,10H2,1H3/t12-/m0/s1. The summed E-state index contributed by atoms with van der Waals surface area (Å²) in [5.41, 5.74) is 1.24. The minimum Gasteiger partial charge on any atom is -0.465 e. The van der Waals surface area contributed by atoms with Crippen LogP contribution in [0.15, 0.2) is 41.3 Å². The minimum absolute atomic E-state index is 0.00464. The molecule has 0 spiro atoms. The summed E-state index contributed by atoms with van der Waals surface area (Å²) in [5.74, 6) is -0.522. The Kier molecular flexibility index (Phi) is 4.65. The van der Waals surface area contributed by atoms with Crippen LogP contribution in [0.1, 0.15) is 27.9 Å². The predicted molar refractivity (Wildman–Crippen MR) is 90.7 cm³/mol. The van der Waals surface area contributed by atoms with Gasteiger partial charge in [0.25, 0.3) is 0 Å². The average Bonchev–Trinajstić information content (AvgIpc) is 2.62. The first-order valence-corrected chi connectivity index (χ1v) is 8.03. The van der Waals surface area contributed by atoms with Gasteiger partial charge in [-0.1, -0.05) is 24.3 Å². The lowest BCUT2D eigenvalue weighted by atomic mass is 9.84. The molecule has 0 unspecified atom stereocenters. The van der Waals surface area contributed by atoms with Crippen LogP contribution in [0.3, 0.4) is 0 Å². The maximum absolute atomic E-state index is 12.4. The molecule has 3 rings (SSSR count). The summed E-state index contributed by atoms with van der Waals surface area (Å²) in [7, 11) is 1.20. The summed E-state index contributed by atoms with van der Waals surface area (Å²) in [6.07, 6.45) is 3.95. The van der Waals surface area contributed by atoms with Crippen molar-refractivity contribution in [1.82, 2.24) is 4.57 Å². The highest BCUT2D eigenvalue weighted by Gasteiger charge is 2.24. The van der Waals surface area contributed by atoms with E-state index in [1.54, 1.807) is 0 Å². The molecule has 1 aromatic carbocycles. The first-order chi connectivity index (χ1) is 12.0. The number of methoxy groups -OCH3 is 1. The molecule has 1 heterocycles. The summed E-state index contributed by atoms with van der Waals surface area (Å²) in [6.45, 7) is 0.332. The lowest BCUT2D eigenvalue weighted by molar-refractivity contribution is -0.386. The number of aromatic nitrogens is 1. The Morgan fingerprint density at radius 1 is 1.36 bits per heavy atom. The van der Waals surface area contributed by atoms with Crippen LogP contribution < -0.4 is 5.56 Å². The van der Waals surface area contributed by atoms with Crippen LogP contribution in [0, 0.1) is 16.0 Å². The molecule has 0 radical (unpaired) electrons. The van der Waals surface area contributed by atoms with E-state index < -0.39 is 22.1 Å². The van der Waals surface area contributed by atoms with E-state index in [9.17, 15) is 19.7 Å². The van der Waals surface area contributed by atoms with Gasteiger partial charge in [0.05, 0.1) is 17.6 Å². The molecule has 0 bridgehead atoms. The monoisotopic (exact) mass is 342 g/mol. The maximum Gasteiger partial charge on any atom is 0.339 e. The van der Waals surface area contributed by atoms with Gasteiger partial charge < -0.3 is 9.30 Å². The molecule has 2 aromatic rings. The molecular weight excluding hydrogens is 324 g/mol. The van der Waals surface area contributed by atoms with Crippen LogP contribution in [-0.4, -0.2) is 22.6 Å². The van der Waals surface area contributed by atoms with Crippen molar-refractivity contribution >= 4 is 11.7 Å². The lowest BCUT2D eigenvalue weighted by Gasteiger charge is -2.25. The van der Waals surface area contributed by atoms with Crippen LogP contribution in [-0.2, 0) is 24.1 Å². The molecular formula is C18H18N2O5. The average molecular weight is 342 g/mol. The van der Waals surface area contributed by atoms with Crippen molar-refractivity contribution in [1.29, 1.82) is 0 Å². The number of carbonyl (C=O) groups is 1. The smallest absolute Gasteiger partial charge is 0.339 e. The fourth-order valence-electron chi connectivity index (χ4n) is 3.32. The van der Waals surface area contributed by atoms with Gasteiger partial charge in [-0.2, -0.15) is 0 Å². The van der Waals surface area contributed by atoms with Crippen molar-refractivity contribution < 1.29 is 14.5 Å². The number of ether oxygens (including phenoxy) is 1. The second-order valence-electron chi connectivity index (χ2n) is 6.20. The first kappa shape index (κ1) is 16.9. The normalized spacial score (nSPS) is 16.1. The molecule has 1 atom stereocenters. The van der Waals surface area contributed by atoms with Crippen molar-refractivity contribution in [2.75, 3.05) is 7.11 Å². The first-order valence-electron chi connectivity index (χ1n) is 8.03. The molecule has 130 valence electrons. The van der Waals surface area contributed by atoms with E-state index in [0.717, 1.165) is 25.3 Å². The Hall–Kier alpha value is -2.96. The van der Waals surface area contributed by atoms with Crippen molar-refractivity contribution in [3.8, 4) is 0 Å². The highest BCUT2D eigenvalue weighted by molar-refractivity contribution is 5.89. The number of nitro groups is 1. The van der Waals surface area contributed by atoms with Gasteiger partial charge in [0, 0.05) is 18.8 Å². The van der Waals surface area contributed by atoms with E-state index in [-0.39, 0.29) is 11.5 Å². The number of esters is 1. The molecule has 0 saturated heterocycles. The molecule has 1 aromatic heterocycles. The van der Waals surface area contributed by atoms with Crippen molar-refractivity contribution in [2.24, 2.45) is 5.92 Å². The van der Waals surface area contributed by atoms with Crippen LogP contribution in [0.5, 0.6) is 0 Å². The van der Waals surface area contributed by atoms with Crippen molar-refractivity contribution in [3.63, 3.8) is 0 Å². The fraction of sp³-hybridized carbons (Fsp3) is 0.333. The number of nitrogens with zero attached hydrogens (tertiary/aromatic N) is 2. The Morgan fingerprint density at radius 3 is 2.76 bits per heavy atom. The summed E-state index contributed by atoms with van der Waals surface area (Å²) >= 11 is 0. The Morgan fingerprint density at radius 2 is 2.08 bits per heavy atom. The van der Waals surface area contributed by atoms with E-state index in [2.05, 4.69) is 16.9 Å². The summed E-state index contributed by atoms with van der Waals surface area (Å²) < 4.78 is 5.89. The van der Waals surface area contributed by atoms with Crippen LogP contribution >= 0.6 is 0 Å². The summed E-state index contributed by atoms with van der Waals surface area (Å²) in [4.78, 5) is 34.5. The van der Waals surface area contributed by atoms with Gasteiger partial charge in [-0.15, -0.1) is 0 Å². The third kappa shape index (κ3) is 3.45. The molecule has 0 saturated carbocycles. The number of hydrogen-bond donors (Lipinski definition) is 0. The Balaban J connectivity index is 1.92. The van der Waals surface area contributed by atoms with Gasteiger partial charge in [0.2, 0.25) is 0 Å². The van der Waals surface area contributed by atoms with Crippen LogP contribution in [0.25, 0.3) is 0 Å². The van der Waals surface area contributed by atoms with Gasteiger partial charge in [0.15, 0.2) is 0 Å². The predicted octanol–water partition coefficient (Wildman–Crippen LogP) is 2.35. The van der Waals surface area contributed by atoms with Crippen LogP contribution in [0.4, 0.5) is 5.69 Å². The van der Waals surface area contributed by atoms with Gasteiger partial charge >= 0.3 is 17.2 Å². The maximum atomic E-state index is 12.4. The lowest BCUT2D eigenvalue weighted by Crippen LogP contribution is -2.29. The van der Waals surface area contributed by atoms with E-state index in [1.165, 1.54) is 29.0 Å². The zero-order valence-corrected chi connectivity index (χ0v) is 13.8. The minimum atomic E-state index is -0.762. The van der Waals surface area contributed by atoms with E-state index in [4.69, 9.17) is 0 Å². The zero-order chi connectivity index (χ0) is 18.0. The van der Waals surface area contributed by atoms with Crippen molar-refractivity contribution in [2.45, 2.75) is 25.8 Å². The molecule has 7 heteroatoms. The van der Waals surface area contributed by atoms with E-state index in [1.807, 2.05) is 12.1 Å². The number of hydrogen-bond acceptors (Lipinski definition) is 5. The second kappa shape index (κ2) is 6.88. The summed E-state index contributed by atoms with van der Waals surface area (Å²) in [6, 6.07) is 9.13. The van der Waals surface area contributed by atoms with E-state index in [0.29, 0.717) is 6.54 Å². The molecule has 0 fully saturated rings. The van der Waals surface area contributed by atoms with Crippen molar-refractivity contribution in [3.05, 3.63) is 73.7 Å². The van der Waals surface area contributed by atoms with Gasteiger partial charge in [0.1, 0.15) is 0 Å². The molecule has 0 N–H and O–H groups in total. The summed E-state index contributed by atoms with van der Waals surface area (Å²) in [5, 5.41) is 11.1. The third-order valence-corrected chi connectivity index (χ3v) is 4.59.